The zero-order valence-electron chi connectivity index (χ0n) is 13.4. The number of nitrogens with zero attached hydrogens (tertiary/aromatic N) is 1. The summed E-state index contributed by atoms with van der Waals surface area (Å²) in [4.78, 5) is 2.62. The van der Waals surface area contributed by atoms with E-state index in [-0.39, 0.29) is 0 Å². The van der Waals surface area contributed by atoms with Crippen molar-refractivity contribution >= 4 is 0 Å². The Hall–Kier alpha value is -0.0800. The van der Waals surface area contributed by atoms with Crippen molar-refractivity contribution in [1.29, 1.82) is 0 Å². The second-order valence-electron chi connectivity index (χ2n) is 6.80. The van der Waals surface area contributed by atoms with E-state index in [1.54, 1.807) is 0 Å². The molecule has 1 saturated carbocycles. The molecule has 1 aliphatic rings. The summed E-state index contributed by atoms with van der Waals surface area (Å²) in [5, 5.41) is 3.83. The van der Waals surface area contributed by atoms with Crippen LogP contribution in [0.5, 0.6) is 0 Å². The van der Waals surface area contributed by atoms with E-state index in [1.807, 2.05) is 0 Å². The summed E-state index contributed by atoms with van der Waals surface area (Å²) in [6.45, 7) is 12.9. The number of hydrogen-bond donors (Lipinski definition) is 1. The van der Waals surface area contributed by atoms with Gasteiger partial charge in [0, 0.05) is 18.1 Å². The molecule has 0 saturated heterocycles. The Morgan fingerprint density at radius 1 is 1.33 bits per heavy atom. The van der Waals surface area contributed by atoms with E-state index < -0.39 is 0 Å². The lowest BCUT2D eigenvalue weighted by Crippen LogP contribution is -2.59. The Morgan fingerprint density at radius 3 is 2.56 bits per heavy atom. The molecule has 1 rings (SSSR count). The molecule has 0 amide bonds. The van der Waals surface area contributed by atoms with Crippen molar-refractivity contribution in [3.8, 4) is 0 Å². The molecule has 3 unspecified atom stereocenters. The zero-order valence-corrected chi connectivity index (χ0v) is 13.4. The number of hydrogen-bond acceptors (Lipinski definition) is 2. The van der Waals surface area contributed by atoms with Crippen LogP contribution in [0.25, 0.3) is 0 Å². The first kappa shape index (κ1) is 16.0. The Morgan fingerprint density at radius 2 is 2.00 bits per heavy atom. The summed E-state index contributed by atoms with van der Waals surface area (Å²) in [7, 11) is 2.32. The molecule has 18 heavy (non-hydrogen) atoms. The molecule has 2 heteroatoms. The molecule has 0 aliphatic heterocycles. The van der Waals surface area contributed by atoms with Crippen LogP contribution in [0.4, 0.5) is 0 Å². The fourth-order valence-electron chi connectivity index (χ4n) is 3.38. The van der Waals surface area contributed by atoms with Crippen molar-refractivity contribution in [2.75, 3.05) is 13.6 Å². The summed E-state index contributed by atoms with van der Waals surface area (Å²) in [6, 6.07) is 2.04. The van der Waals surface area contributed by atoms with E-state index >= 15 is 0 Å². The van der Waals surface area contributed by atoms with E-state index in [2.05, 4.69) is 51.9 Å². The molecule has 2 nitrogen and oxygen atoms in total. The molecule has 0 bridgehead atoms. The van der Waals surface area contributed by atoms with E-state index in [0.717, 1.165) is 6.54 Å². The largest absolute Gasteiger partial charge is 0.312 e. The monoisotopic (exact) mass is 254 g/mol. The molecular weight excluding hydrogens is 220 g/mol. The molecule has 108 valence electrons. The lowest BCUT2D eigenvalue weighted by atomic mass is 9.70. The van der Waals surface area contributed by atoms with Crippen molar-refractivity contribution in [2.45, 2.75) is 84.8 Å². The molecule has 0 aromatic rings. The summed E-state index contributed by atoms with van der Waals surface area (Å²) in [5.74, 6) is 0. The minimum atomic E-state index is 0.430. The Labute approximate surface area is 115 Å². The van der Waals surface area contributed by atoms with Crippen LogP contribution in [0.1, 0.15) is 66.7 Å². The van der Waals surface area contributed by atoms with Crippen molar-refractivity contribution in [1.82, 2.24) is 10.2 Å². The molecule has 0 heterocycles. The molecule has 1 fully saturated rings. The zero-order chi connectivity index (χ0) is 13.8. The normalized spacial score (nSPS) is 29.5. The van der Waals surface area contributed by atoms with Gasteiger partial charge in [0.05, 0.1) is 0 Å². The molecule has 1 N–H and O–H groups in total. The molecular formula is C16H34N2. The van der Waals surface area contributed by atoms with E-state index in [0.29, 0.717) is 23.5 Å². The van der Waals surface area contributed by atoms with Crippen molar-refractivity contribution in [2.24, 2.45) is 5.41 Å². The third-order valence-corrected chi connectivity index (χ3v) is 4.97. The number of likely N-dealkylation sites (N-methyl/N-ethyl adjacent to an activating group) is 1. The fourth-order valence-corrected chi connectivity index (χ4v) is 3.38. The van der Waals surface area contributed by atoms with Gasteiger partial charge in [-0.15, -0.1) is 0 Å². The van der Waals surface area contributed by atoms with Gasteiger partial charge < -0.3 is 5.32 Å². The summed E-state index contributed by atoms with van der Waals surface area (Å²) in [6.07, 6.45) is 6.56. The highest BCUT2D eigenvalue weighted by Crippen LogP contribution is 2.38. The third kappa shape index (κ3) is 3.71. The molecule has 3 atom stereocenters. The van der Waals surface area contributed by atoms with E-state index in [4.69, 9.17) is 0 Å². The predicted molar refractivity (Wildman–Crippen MR) is 81.0 cm³/mol. The van der Waals surface area contributed by atoms with Gasteiger partial charge in [0.2, 0.25) is 0 Å². The van der Waals surface area contributed by atoms with Gasteiger partial charge in [0.15, 0.2) is 0 Å². The lowest BCUT2D eigenvalue weighted by molar-refractivity contribution is 0.0428. The summed E-state index contributed by atoms with van der Waals surface area (Å²) < 4.78 is 0. The Balaban J connectivity index is 2.78. The van der Waals surface area contributed by atoms with Gasteiger partial charge in [0.1, 0.15) is 0 Å². The van der Waals surface area contributed by atoms with Gasteiger partial charge in [0.25, 0.3) is 0 Å². The lowest BCUT2D eigenvalue weighted by Gasteiger charge is -2.49. The standard InChI is InChI=1S/C16H34N2/c1-7-12-17-15-14(18(6)13(3)8-2)10-9-11-16(15,4)5/h13-15,17H,7-12H2,1-6H3. The highest BCUT2D eigenvalue weighted by molar-refractivity contribution is 4.98. The van der Waals surface area contributed by atoms with Crippen LogP contribution >= 0.6 is 0 Å². The summed E-state index contributed by atoms with van der Waals surface area (Å²) in [5.41, 5.74) is 0.430. The maximum atomic E-state index is 3.83. The highest BCUT2D eigenvalue weighted by atomic mass is 15.2. The molecule has 0 radical (unpaired) electrons. The third-order valence-electron chi connectivity index (χ3n) is 4.97. The quantitative estimate of drug-likeness (QED) is 0.778. The van der Waals surface area contributed by atoms with Crippen molar-refractivity contribution in [3.05, 3.63) is 0 Å². The van der Waals surface area contributed by atoms with Gasteiger partial charge in [-0.3, -0.25) is 4.90 Å². The fraction of sp³-hybridized carbons (Fsp3) is 1.00. The van der Waals surface area contributed by atoms with Crippen LogP contribution in [0.2, 0.25) is 0 Å². The maximum absolute atomic E-state index is 3.83. The van der Waals surface area contributed by atoms with Crippen LogP contribution in [-0.4, -0.2) is 36.6 Å². The average molecular weight is 254 g/mol. The van der Waals surface area contributed by atoms with Crippen molar-refractivity contribution < 1.29 is 0 Å². The van der Waals surface area contributed by atoms with Crippen LogP contribution in [-0.2, 0) is 0 Å². The molecule has 1 aliphatic carbocycles. The van der Waals surface area contributed by atoms with Crippen LogP contribution in [0, 0.1) is 5.41 Å². The Kier molecular flexibility index (Phi) is 6.13. The average Bonchev–Trinajstić information content (AvgIpc) is 2.34. The van der Waals surface area contributed by atoms with Gasteiger partial charge >= 0.3 is 0 Å². The van der Waals surface area contributed by atoms with Gasteiger partial charge in [-0.2, -0.15) is 0 Å². The van der Waals surface area contributed by atoms with E-state index in [1.165, 1.54) is 32.1 Å². The second-order valence-corrected chi connectivity index (χ2v) is 6.80. The van der Waals surface area contributed by atoms with Gasteiger partial charge in [-0.05, 0) is 51.6 Å². The van der Waals surface area contributed by atoms with Crippen LogP contribution in [0.3, 0.4) is 0 Å². The minimum absolute atomic E-state index is 0.430. The van der Waals surface area contributed by atoms with Gasteiger partial charge in [-0.1, -0.05) is 34.1 Å². The predicted octanol–water partition coefficient (Wildman–Crippen LogP) is 3.66. The second kappa shape index (κ2) is 6.91. The van der Waals surface area contributed by atoms with Crippen LogP contribution in [0.15, 0.2) is 0 Å². The van der Waals surface area contributed by atoms with Crippen molar-refractivity contribution in [3.63, 3.8) is 0 Å². The van der Waals surface area contributed by atoms with E-state index in [9.17, 15) is 0 Å². The maximum Gasteiger partial charge on any atom is 0.0274 e. The highest BCUT2D eigenvalue weighted by Gasteiger charge is 2.40. The SMILES string of the molecule is CCCNC1C(N(C)C(C)CC)CCCC1(C)C. The smallest absolute Gasteiger partial charge is 0.0274 e. The number of rotatable bonds is 6. The molecule has 0 aromatic carbocycles. The molecule has 0 spiro atoms. The summed E-state index contributed by atoms with van der Waals surface area (Å²) >= 11 is 0. The number of nitrogens with one attached hydrogen (secondary N) is 1. The Bertz CT molecular complexity index is 237. The topological polar surface area (TPSA) is 15.3 Å². The minimum Gasteiger partial charge on any atom is -0.312 e. The van der Waals surface area contributed by atoms with Gasteiger partial charge in [-0.25, -0.2) is 0 Å². The van der Waals surface area contributed by atoms with Crippen LogP contribution < -0.4 is 5.32 Å². The molecule has 0 aromatic heterocycles. The first-order valence-corrected chi connectivity index (χ1v) is 7.89. The first-order valence-electron chi connectivity index (χ1n) is 7.89. The first-order chi connectivity index (χ1) is 8.44.